The molecule has 0 spiro atoms. The molecule has 0 rings (SSSR count). The molecule has 13 heteroatoms. The first-order chi connectivity index (χ1) is 12.7. The molecule has 0 aliphatic rings. The Labute approximate surface area is 182 Å². The molecule has 0 N–H and O–H groups in total. The molecular formula is C16H12O12Zr. The minimum Gasteiger partial charge on any atom is -0.544 e. The second-order valence-corrected chi connectivity index (χ2v) is 4.06. The molecule has 0 aromatic heterocycles. The summed E-state index contributed by atoms with van der Waals surface area (Å²) >= 11 is 0. The molecule has 0 bridgehead atoms. The number of aliphatic carboxylic acids is 4. The molecule has 0 aliphatic carbocycles. The molecule has 0 radical (unpaired) electrons. The molecular weight excluding hydrogens is 475 g/mol. The predicted octanol–water partition coefficient (Wildman–Crippen LogP) is -5.95. The molecule has 0 aromatic carbocycles. The van der Waals surface area contributed by atoms with Gasteiger partial charge in [0.15, 0.2) is 0 Å². The third kappa shape index (κ3) is 29.6. The monoisotopic (exact) mass is 486 g/mol. The molecule has 0 unspecified atom stereocenters. The van der Waals surface area contributed by atoms with Crippen molar-refractivity contribution in [1.82, 2.24) is 0 Å². The van der Waals surface area contributed by atoms with Crippen LogP contribution in [0.15, 0.2) is 22.3 Å². The van der Waals surface area contributed by atoms with Gasteiger partial charge in [-0.05, 0) is 27.7 Å². The van der Waals surface area contributed by atoms with Crippen LogP contribution in [-0.4, -0.2) is 47.6 Å². The number of carboxylic acids is 4. The molecule has 152 valence electrons. The van der Waals surface area contributed by atoms with Gasteiger partial charge in [-0.3, -0.25) is 0 Å². The van der Waals surface area contributed by atoms with Gasteiger partial charge in [0, 0.05) is 0 Å². The van der Waals surface area contributed by atoms with Gasteiger partial charge in [-0.15, -0.1) is 0 Å². The van der Waals surface area contributed by atoms with E-state index >= 15 is 0 Å². The summed E-state index contributed by atoms with van der Waals surface area (Å²) in [4.78, 5) is 75.5. The van der Waals surface area contributed by atoms with Crippen molar-refractivity contribution in [2.75, 3.05) is 0 Å². The van der Waals surface area contributed by atoms with E-state index in [0.29, 0.717) is 0 Å². The van der Waals surface area contributed by atoms with Crippen LogP contribution < -0.4 is 20.4 Å². The van der Waals surface area contributed by atoms with E-state index in [2.05, 4.69) is 0 Å². The van der Waals surface area contributed by atoms with Crippen LogP contribution in [0.5, 0.6) is 0 Å². The van der Waals surface area contributed by atoms with Crippen LogP contribution in [0, 0.1) is 0 Å². The van der Waals surface area contributed by atoms with E-state index < -0.39 is 46.2 Å². The zero-order valence-electron chi connectivity index (χ0n) is 15.4. The second kappa shape index (κ2) is 22.6. The van der Waals surface area contributed by atoms with Gasteiger partial charge in [0.2, 0.25) is 0 Å². The Morgan fingerprint density at radius 2 is 0.552 bits per heavy atom. The third-order valence-corrected chi connectivity index (χ3v) is 1.84. The van der Waals surface area contributed by atoms with Gasteiger partial charge in [-0.1, -0.05) is 0 Å². The first kappa shape index (κ1) is 36.5. The number of hydrogen-bond acceptors (Lipinski definition) is 12. The minimum atomic E-state index is -1.46. The van der Waals surface area contributed by atoms with Gasteiger partial charge in [0.25, 0.3) is 0 Å². The van der Waals surface area contributed by atoms with Crippen LogP contribution in [-0.2, 0) is 64.6 Å². The quantitative estimate of drug-likeness (QED) is 0.266. The van der Waals surface area contributed by atoms with Crippen molar-refractivity contribution in [3.8, 4) is 0 Å². The van der Waals surface area contributed by atoms with Gasteiger partial charge >= 0.3 is 26.2 Å². The van der Waals surface area contributed by atoms with Gasteiger partial charge in [0.1, 0.15) is 23.8 Å². The molecule has 0 aromatic rings. The summed E-state index contributed by atoms with van der Waals surface area (Å²) in [7, 11) is 0. The van der Waals surface area contributed by atoms with E-state index in [1.54, 1.807) is 0 Å². The smallest absolute Gasteiger partial charge is 0.544 e. The summed E-state index contributed by atoms with van der Waals surface area (Å²) in [6, 6.07) is 0. The second-order valence-electron chi connectivity index (χ2n) is 4.06. The molecule has 0 amide bonds. The molecule has 0 heterocycles. The summed E-state index contributed by atoms with van der Waals surface area (Å²) in [5.74, 6) is -1.18. The number of carbonyl (C=O) groups excluding carboxylic acids is 8. The Morgan fingerprint density at radius 3 is 0.552 bits per heavy atom. The molecule has 12 nitrogen and oxygen atoms in total. The molecule has 0 saturated carbocycles. The van der Waals surface area contributed by atoms with Gasteiger partial charge in [-0.25, -0.2) is 19.2 Å². The van der Waals surface area contributed by atoms with E-state index in [1.165, 1.54) is 23.8 Å². The maximum absolute atomic E-state index is 9.52. The number of carbonyl (C=O) groups is 4. The summed E-state index contributed by atoms with van der Waals surface area (Å²) in [6.45, 7) is 4.51. The average molecular weight is 487 g/mol. The van der Waals surface area contributed by atoms with Crippen molar-refractivity contribution in [3.63, 3.8) is 0 Å². The molecule has 0 saturated heterocycles. The van der Waals surface area contributed by atoms with Crippen LogP contribution >= 0.6 is 0 Å². The average Bonchev–Trinajstić information content (AvgIpc) is 2.66. The van der Waals surface area contributed by atoms with E-state index in [1.807, 2.05) is 0 Å². The fraction of sp³-hybridized carbons (Fsp3) is 0.250. The van der Waals surface area contributed by atoms with Crippen LogP contribution in [0.1, 0.15) is 27.7 Å². The standard InChI is InChI=1S/4C4H4O3.Zr/c4*1-3(2-5)4(6)7;/h4*1H3,(H,6,7);/q;;;;+4/p-4. The SMILES string of the molecule is CC(=C=O)C(=O)[O-].CC(=C=O)C(=O)[O-].CC(=C=O)C(=O)[O-].CC(=C=O)C(=O)[O-].[Zr+4]. The van der Waals surface area contributed by atoms with Crippen molar-refractivity contribution in [3.05, 3.63) is 22.3 Å². The van der Waals surface area contributed by atoms with Crippen LogP contribution in [0.2, 0.25) is 0 Å². The molecule has 0 fully saturated rings. The topological polar surface area (TPSA) is 229 Å². The summed E-state index contributed by atoms with van der Waals surface area (Å²) in [6.07, 6.45) is 0. The van der Waals surface area contributed by atoms with Crippen LogP contribution in [0.25, 0.3) is 0 Å². The maximum atomic E-state index is 9.52. The number of hydrogen-bond donors (Lipinski definition) is 0. The van der Waals surface area contributed by atoms with E-state index in [0.717, 1.165) is 27.7 Å². The van der Waals surface area contributed by atoms with Crippen molar-refractivity contribution < 1.29 is 85.0 Å². The van der Waals surface area contributed by atoms with E-state index in [4.69, 9.17) is 0 Å². The maximum Gasteiger partial charge on any atom is 4.00 e. The Morgan fingerprint density at radius 1 is 0.448 bits per heavy atom. The van der Waals surface area contributed by atoms with Crippen molar-refractivity contribution >= 4 is 47.6 Å². The summed E-state index contributed by atoms with van der Waals surface area (Å²) in [5.41, 5.74) is -1.61. The van der Waals surface area contributed by atoms with Crippen LogP contribution in [0.4, 0.5) is 0 Å². The molecule has 0 atom stereocenters. The Hall–Kier alpha value is -3.44. The minimum absolute atomic E-state index is 0. The van der Waals surface area contributed by atoms with Gasteiger partial charge in [0.05, 0.1) is 46.2 Å². The largest absolute Gasteiger partial charge is 4.00 e. The Balaban J connectivity index is -0.0000000873. The fourth-order valence-electron chi connectivity index (χ4n) is 0.167. The third-order valence-electron chi connectivity index (χ3n) is 1.84. The van der Waals surface area contributed by atoms with Crippen molar-refractivity contribution in [2.45, 2.75) is 27.7 Å². The van der Waals surface area contributed by atoms with Gasteiger partial charge in [-0.2, -0.15) is 0 Å². The predicted molar refractivity (Wildman–Crippen MR) is 79.6 cm³/mol. The first-order valence-corrected chi connectivity index (χ1v) is 6.45. The van der Waals surface area contributed by atoms with Gasteiger partial charge < -0.3 is 39.6 Å². The molecule has 0 aliphatic heterocycles. The fourth-order valence-corrected chi connectivity index (χ4v) is 0.167. The number of carboxylic acid groups (broad SMARTS) is 4. The summed E-state index contributed by atoms with van der Waals surface area (Å²) in [5, 5.41) is 38.1. The molecule has 29 heavy (non-hydrogen) atoms. The first-order valence-electron chi connectivity index (χ1n) is 6.45. The Kier molecular flexibility index (Phi) is 28.4. The van der Waals surface area contributed by atoms with E-state index in [9.17, 15) is 58.8 Å². The van der Waals surface area contributed by atoms with E-state index in [-0.39, 0.29) is 26.2 Å². The van der Waals surface area contributed by atoms with Crippen molar-refractivity contribution in [1.29, 1.82) is 0 Å². The normalized spacial score (nSPS) is 6.76. The Bertz CT molecular complexity index is 662. The summed E-state index contributed by atoms with van der Waals surface area (Å²) < 4.78 is 0. The zero-order valence-corrected chi connectivity index (χ0v) is 17.9. The zero-order chi connectivity index (χ0) is 23.4. The van der Waals surface area contributed by atoms with Crippen LogP contribution in [0.3, 0.4) is 0 Å². The van der Waals surface area contributed by atoms with Crippen molar-refractivity contribution in [2.24, 2.45) is 0 Å². The number of rotatable bonds is 4.